The zero-order chi connectivity index (χ0) is 26.4. The molecule has 0 radical (unpaired) electrons. The van der Waals surface area contributed by atoms with Gasteiger partial charge in [0, 0.05) is 34.2 Å². The Morgan fingerprint density at radius 1 is 0.487 bits per heavy atom. The van der Waals surface area contributed by atoms with Gasteiger partial charge in [0.05, 0.1) is 0 Å². The molecule has 0 amide bonds. The van der Waals surface area contributed by atoms with Crippen LogP contribution in [0.1, 0.15) is 49.7 Å². The van der Waals surface area contributed by atoms with Gasteiger partial charge in [0.2, 0.25) is 0 Å². The van der Waals surface area contributed by atoms with Crippen LogP contribution in [0.2, 0.25) is 0 Å². The van der Waals surface area contributed by atoms with Gasteiger partial charge >= 0.3 is 0 Å². The summed E-state index contributed by atoms with van der Waals surface area (Å²) in [4.78, 5) is 4.87. The molecule has 0 atom stereocenters. The number of benzene rings is 3. The number of hydrogen-bond acceptors (Lipinski definition) is 2. The first-order valence-electron chi connectivity index (χ1n) is 14.2. The molecule has 3 aromatic carbocycles. The standard InChI is InChI=1S/C37H36N2/c1-29-17-23-35(24-18-29)39(34-15-9-4-10-16-34)37-27-21-31(22-28-37)30-19-25-36(26-20-30)38(32-11-5-2-6-12-32)33-13-7-3-8-14-33/h2-5,7,9-11,13,15-21,23-27H,6,8,12,14,22,28H2,1H3. The maximum absolute atomic E-state index is 2.48. The topological polar surface area (TPSA) is 6.48 Å². The molecule has 0 bridgehead atoms. The largest absolute Gasteiger partial charge is 0.318 e. The van der Waals surface area contributed by atoms with Crippen molar-refractivity contribution in [3.05, 3.63) is 156 Å². The van der Waals surface area contributed by atoms with Gasteiger partial charge < -0.3 is 9.80 Å². The fraction of sp³-hybridized carbons (Fsp3) is 0.189. The van der Waals surface area contributed by atoms with Gasteiger partial charge in [-0.25, -0.2) is 0 Å². The summed E-state index contributed by atoms with van der Waals surface area (Å²) in [5.41, 5.74) is 11.7. The number of hydrogen-bond donors (Lipinski definition) is 0. The molecule has 0 aromatic heterocycles. The van der Waals surface area contributed by atoms with E-state index in [1.165, 1.54) is 50.9 Å². The Kier molecular flexibility index (Phi) is 7.45. The van der Waals surface area contributed by atoms with Crippen molar-refractivity contribution >= 4 is 22.6 Å². The number of allylic oxidation sites excluding steroid dienone is 12. The monoisotopic (exact) mass is 508 g/mol. The molecule has 3 aliphatic rings. The molecule has 3 aliphatic carbocycles. The SMILES string of the molecule is Cc1ccc(N(C2=CC=C(c3ccc(N(C4=CC=CCC4)C4=CC=CCC4)cc3)CC2)c2ccccc2)cc1. The van der Waals surface area contributed by atoms with E-state index in [1.807, 2.05) is 0 Å². The quantitative estimate of drug-likeness (QED) is 0.313. The van der Waals surface area contributed by atoms with Crippen molar-refractivity contribution in [2.24, 2.45) is 0 Å². The molecule has 0 N–H and O–H groups in total. The highest BCUT2D eigenvalue weighted by Crippen LogP contribution is 2.37. The van der Waals surface area contributed by atoms with Crippen molar-refractivity contribution in [2.75, 3.05) is 9.80 Å². The molecule has 0 heterocycles. The lowest BCUT2D eigenvalue weighted by Crippen LogP contribution is -2.23. The molecule has 39 heavy (non-hydrogen) atoms. The Labute approximate surface area is 233 Å². The van der Waals surface area contributed by atoms with Gasteiger partial charge in [-0.3, -0.25) is 0 Å². The van der Waals surface area contributed by atoms with Gasteiger partial charge in [0.1, 0.15) is 0 Å². The Balaban J connectivity index is 1.28. The second-order valence-electron chi connectivity index (χ2n) is 10.5. The minimum Gasteiger partial charge on any atom is -0.318 e. The lowest BCUT2D eigenvalue weighted by Gasteiger charge is -2.32. The molecule has 0 unspecified atom stereocenters. The third-order valence-corrected chi connectivity index (χ3v) is 7.78. The molecule has 2 heteroatoms. The summed E-state index contributed by atoms with van der Waals surface area (Å²) in [5.74, 6) is 0. The van der Waals surface area contributed by atoms with Crippen LogP contribution in [0.15, 0.2) is 145 Å². The van der Waals surface area contributed by atoms with E-state index in [-0.39, 0.29) is 0 Å². The lowest BCUT2D eigenvalue weighted by molar-refractivity contribution is 0.837. The van der Waals surface area contributed by atoms with Crippen LogP contribution in [-0.4, -0.2) is 0 Å². The molecule has 3 aromatic rings. The predicted molar refractivity (Wildman–Crippen MR) is 167 cm³/mol. The summed E-state index contributed by atoms with van der Waals surface area (Å²) >= 11 is 0. The van der Waals surface area contributed by atoms with Crippen LogP contribution in [0.5, 0.6) is 0 Å². The summed E-state index contributed by atoms with van der Waals surface area (Å²) < 4.78 is 0. The van der Waals surface area contributed by atoms with E-state index in [0.717, 1.165) is 38.5 Å². The minimum absolute atomic E-state index is 1.00. The fourth-order valence-corrected chi connectivity index (χ4v) is 5.70. The number of aryl methyl sites for hydroxylation is 1. The average Bonchev–Trinajstić information content (AvgIpc) is 3.01. The van der Waals surface area contributed by atoms with Crippen LogP contribution >= 0.6 is 0 Å². The highest BCUT2D eigenvalue weighted by atomic mass is 15.2. The summed E-state index contributed by atoms with van der Waals surface area (Å²) in [6, 6.07) is 28.8. The zero-order valence-electron chi connectivity index (χ0n) is 22.8. The third-order valence-electron chi connectivity index (χ3n) is 7.78. The van der Waals surface area contributed by atoms with E-state index in [1.54, 1.807) is 0 Å². The van der Waals surface area contributed by atoms with Crippen molar-refractivity contribution in [1.82, 2.24) is 0 Å². The van der Waals surface area contributed by atoms with Crippen molar-refractivity contribution in [3.63, 3.8) is 0 Å². The highest BCUT2D eigenvalue weighted by Gasteiger charge is 2.20. The van der Waals surface area contributed by atoms with E-state index in [2.05, 4.69) is 144 Å². The van der Waals surface area contributed by atoms with Crippen LogP contribution in [0, 0.1) is 6.92 Å². The van der Waals surface area contributed by atoms with Crippen molar-refractivity contribution in [3.8, 4) is 0 Å². The first-order chi connectivity index (χ1) is 19.3. The van der Waals surface area contributed by atoms with Gasteiger partial charge in [-0.2, -0.15) is 0 Å². The molecule has 0 spiro atoms. The van der Waals surface area contributed by atoms with Crippen molar-refractivity contribution in [2.45, 2.75) is 45.4 Å². The predicted octanol–water partition coefficient (Wildman–Crippen LogP) is 10.2. The maximum Gasteiger partial charge on any atom is 0.0458 e. The van der Waals surface area contributed by atoms with Gasteiger partial charge in [-0.15, -0.1) is 0 Å². The normalized spacial score (nSPS) is 16.6. The summed E-state index contributed by atoms with van der Waals surface area (Å²) in [6.07, 6.45) is 24.5. The zero-order valence-corrected chi connectivity index (χ0v) is 22.8. The number of anilines is 3. The molecular weight excluding hydrogens is 472 g/mol. The van der Waals surface area contributed by atoms with Crippen LogP contribution in [-0.2, 0) is 0 Å². The first-order valence-corrected chi connectivity index (χ1v) is 14.2. The van der Waals surface area contributed by atoms with Gasteiger partial charge in [-0.1, -0.05) is 78.4 Å². The smallest absolute Gasteiger partial charge is 0.0458 e. The molecule has 194 valence electrons. The van der Waals surface area contributed by atoms with E-state index < -0.39 is 0 Å². The maximum atomic E-state index is 2.48. The molecule has 6 rings (SSSR count). The van der Waals surface area contributed by atoms with Crippen LogP contribution in [0.25, 0.3) is 5.57 Å². The van der Waals surface area contributed by atoms with Crippen LogP contribution in [0.3, 0.4) is 0 Å². The van der Waals surface area contributed by atoms with E-state index >= 15 is 0 Å². The number of para-hydroxylation sites is 1. The fourth-order valence-electron chi connectivity index (χ4n) is 5.70. The van der Waals surface area contributed by atoms with Gasteiger partial charge in [0.25, 0.3) is 0 Å². The Bertz CT molecular complexity index is 1450. The summed E-state index contributed by atoms with van der Waals surface area (Å²) in [5, 5.41) is 0. The molecular formula is C37H36N2. The highest BCUT2D eigenvalue weighted by molar-refractivity contribution is 5.75. The van der Waals surface area contributed by atoms with Gasteiger partial charge in [-0.05, 0) is 111 Å². The molecule has 0 fully saturated rings. The van der Waals surface area contributed by atoms with Crippen LogP contribution < -0.4 is 9.80 Å². The lowest BCUT2D eigenvalue weighted by atomic mass is 9.94. The molecule has 0 aliphatic heterocycles. The number of rotatable bonds is 7. The third kappa shape index (κ3) is 5.61. The average molecular weight is 509 g/mol. The Hall–Kier alpha value is -4.30. The van der Waals surface area contributed by atoms with E-state index in [4.69, 9.17) is 0 Å². The Morgan fingerprint density at radius 2 is 1.05 bits per heavy atom. The van der Waals surface area contributed by atoms with Crippen molar-refractivity contribution in [1.29, 1.82) is 0 Å². The molecule has 2 nitrogen and oxygen atoms in total. The second-order valence-corrected chi connectivity index (χ2v) is 10.5. The first kappa shape index (κ1) is 25.0. The molecule has 0 saturated heterocycles. The summed E-state index contributed by atoms with van der Waals surface area (Å²) in [6.45, 7) is 2.14. The summed E-state index contributed by atoms with van der Waals surface area (Å²) in [7, 11) is 0. The van der Waals surface area contributed by atoms with E-state index in [0.29, 0.717) is 0 Å². The number of nitrogens with zero attached hydrogens (tertiary/aromatic N) is 2. The molecule has 0 saturated carbocycles. The minimum atomic E-state index is 1.00. The van der Waals surface area contributed by atoms with Crippen molar-refractivity contribution < 1.29 is 0 Å². The van der Waals surface area contributed by atoms with Gasteiger partial charge in [0.15, 0.2) is 0 Å². The van der Waals surface area contributed by atoms with E-state index in [9.17, 15) is 0 Å². The van der Waals surface area contributed by atoms with Crippen LogP contribution in [0.4, 0.5) is 17.1 Å². The Morgan fingerprint density at radius 3 is 1.62 bits per heavy atom. The second kappa shape index (κ2) is 11.6.